The predicted molar refractivity (Wildman–Crippen MR) is 78.8 cm³/mol. The van der Waals surface area contributed by atoms with Crippen LogP contribution in [0.25, 0.3) is 0 Å². The number of piperidine rings is 1. The zero-order valence-corrected chi connectivity index (χ0v) is 12.7. The molecule has 20 heavy (non-hydrogen) atoms. The number of hydrogen-bond acceptors (Lipinski definition) is 4. The molecule has 2 rings (SSSR count). The van der Waals surface area contributed by atoms with Gasteiger partial charge in [-0.2, -0.15) is 0 Å². The van der Waals surface area contributed by atoms with Gasteiger partial charge in [0.15, 0.2) is 0 Å². The van der Waals surface area contributed by atoms with Crippen molar-refractivity contribution < 1.29 is 9.72 Å². The fourth-order valence-electron chi connectivity index (χ4n) is 2.40. The van der Waals surface area contributed by atoms with E-state index in [4.69, 9.17) is 0 Å². The van der Waals surface area contributed by atoms with Gasteiger partial charge in [0.05, 0.1) is 4.92 Å². The van der Waals surface area contributed by atoms with Gasteiger partial charge >= 0.3 is 0 Å². The van der Waals surface area contributed by atoms with Gasteiger partial charge in [-0.15, -0.1) is 0 Å². The molecule has 1 aromatic rings. The summed E-state index contributed by atoms with van der Waals surface area (Å²) < 4.78 is 0.590. The molecule has 1 fully saturated rings. The molecule has 1 heterocycles. The highest BCUT2D eigenvalue weighted by Crippen LogP contribution is 2.25. The maximum absolute atomic E-state index is 12.5. The van der Waals surface area contributed by atoms with Crippen molar-refractivity contribution in [3.8, 4) is 0 Å². The van der Waals surface area contributed by atoms with Crippen LogP contribution in [0.15, 0.2) is 22.7 Å². The molecule has 108 valence electrons. The second-order valence-corrected chi connectivity index (χ2v) is 5.71. The van der Waals surface area contributed by atoms with Crippen LogP contribution in [0.4, 0.5) is 5.69 Å². The number of likely N-dealkylation sites (tertiary alicyclic amines) is 1. The first kappa shape index (κ1) is 14.9. The van der Waals surface area contributed by atoms with Gasteiger partial charge in [-0.1, -0.05) is 15.9 Å². The molecule has 1 unspecified atom stereocenters. The molecular weight excluding hydrogens is 326 g/mol. The number of nitrogens with zero attached hydrogens (tertiary/aromatic N) is 2. The summed E-state index contributed by atoms with van der Waals surface area (Å²) in [5, 5.41) is 14.2. The van der Waals surface area contributed by atoms with Crippen LogP contribution >= 0.6 is 15.9 Å². The Morgan fingerprint density at radius 1 is 1.55 bits per heavy atom. The maximum atomic E-state index is 12.5. The molecule has 0 aromatic heterocycles. The van der Waals surface area contributed by atoms with E-state index < -0.39 is 4.92 Å². The Morgan fingerprint density at radius 2 is 2.30 bits per heavy atom. The molecule has 1 N–H and O–H groups in total. The normalized spacial score (nSPS) is 18.9. The number of rotatable bonds is 3. The monoisotopic (exact) mass is 341 g/mol. The molecule has 1 saturated heterocycles. The highest BCUT2D eigenvalue weighted by molar-refractivity contribution is 9.10. The first-order valence-electron chi connectivity index (χ1n) is 6.43. The summed E-state index contributed by atoms with van der Waals surface area (Å²) >= 11 is 3.19. The average molecular weight is 342 g/mol. The summed E-state index contributed by atoms with van der Waals surface area (Å²) in [5.41, 5.74) is -0.00842. The second kappa shape index (κ2) is 6.32. The number of benzene rings is 1. The Kier molecular flexibility index (Phi) is 4.72. The molecule has 0 radical (unpaired) electrons. The molecule has 1 aliphatic rings. The van der Waals surface area contributed by atoms with Crippen molar-refractivity contribution in [2.75, 3.05) is 20.1 Å². The number of amides is 1. The predicted octanol–water partition coefficient (Wildman–Crippen LogP) is 2.18. The smallest absolute Gasteiger partial charge is 0.283 e. The van der Waals surface area contributed by atoms with Crippen LogP contribution in [0.1, 0.15) is 23.2 Å². The van der Waals surface area contributed by atoms with Gasteiger partial charge < -0.3 is 10.2 Å². The van der Waals surface area contributed by atoms with E-state index in [9.17, 15) is 14.9 Å². The van der Waals surface area contributed by atoms with Crippen LogP contribution in [-0.4, -0.2) is 41.9 Å². The molecular formula is C13H16BrN3O3. The lowest BCUT2D eigenvalue weighted by molar-refractivity contribution is -0.385. The van der Waals surface area contributed by atoms with Crippen molar-refractivity contribution in [3.63, 3.8) is 0 Å². The molecule has 1 aromatic carbocycles. The van der Waals surface area contributed by atoms with Gasteiger partial charge in [0.25, 0.3) is 11.6 Å². The number of nitro benzene ring substituents is 1. The minimum Gasteiger partial charge on any atom is -0.337 e. The van der Waals surface area contributed by atoms with Crippen LogP contribution in [0, 0.1) is 10.1 Å². The number of carbonyl (C=O) groups is 1. The number of nitro groups is 1. The van der Waals surface area contributed by atoms with E-state index in [0.717, 1.165) is 12.8 Å². The number of hydrogen-bond donors (Lipinski definition) is 1. The SMILES string of the molecule is CNC1CCCN(C(=O)c2ccc(Br)cc2[N+](=O)[O-])C1. The molecule has 1 atom stereocenters. The van der Waals surface area contributed by atoms with Crippen LogP contribution < -0.4 is 5.32 Å². The van der Waals surface area contributed by atoms with E-state index in [1.807, 2.05) is 7.05 Å². The van der Waals surface area contributed by atoms with Gasteiger partial charge in [0.1, 0.15) is 5.56 Å². The molecule has 0 spiro atoms. The third kappa shape index (κ3) is 3.16. The quantitative estimate of drug-likeness (QED) is 0.675. The van der Waals surface area contributed by atoms with E-state index in [2.05, 4.69) is 21.2 Å². The Hall–Kier alpha value is -1.47. The highest BCUT2D eigenvalue weighted by atomic mass is 79.9. The fraction of sp³-hybridized carbons (Fsp3) is 0.462. The van der Waals surface area contributed by atoms with Crippen molar-refractivity contribution in [1.29, 1.82) is 0 Å². The zero-order chi connectivity index (χ0) is 14.7. The molecule has 7 heteroatoms. The summed E-state index contributed by atoms with van der Waals surface area (Å²) in [5.74, 6) is -0.274. The van der Waals surface area contributed by atoms with E-state index in [0.29, 0.717) is 17.6 Å². The summed E-state index contributed by atoms with van der Waals surface area (Å²) in [4.78, 5) is 24.7. The summed E-state index contributed by atoms with van der Waals surface area (Å²) in [7, 11) is 1.86. The Balaban J connectivity index is 2.27. The van der Waals surface area contributed by atoms with Crippen molar-refractivity contribution in [2.45, 2.75) is 18.9 Å². The number of halogens is 1. The van der Waals surface area contributed by atoms with Crippen molar-refractivity contribution in [2.24, 2.45) is 0 Å². The lowest BCUT2D eigenvalue weighted by Gasteiger charge is -2.32. The highest BCUT2D eigenvalue weighted by Gasteiger charge is 2.28. The van der Waals surface area contributed by atoms with E-state index in [1.165, 1.54) is 12.1 Å². The lowest BCUT2D eigenvalue weighted by atomic mass is 10.0. The van der Waals surface area contributed by atoms with Crippen molar-refractivity contribution in [3.05, 3.63) is 38.3 Å². The second-order valence-electron chi connectivity index (χ2n) is 4.80. The summed E-state index contributed by atoms with van der Waals surface area (Å²) in [6.45, 7) is 1.23. The van der Waals surface area contributed by atoms with Crippen LogP contribution in [-0.2, 0) is 0 Å². The van der Waals surface area contributed by atoms with E-state index in [-0.39, 0.29) is 23.2 Å². The summed E-state index contributed by atoms with van der Waals surface area (Å²) in [6.07, 6.45) is 1.92. The lowest BCUT2D eigenvalue weighted by Crippen LogP contribution is -2.47. The molecule has 0 saturated carbocycles. The molecule has 0 aliphatic carbocycles. The van der Waals surface area contributed by atoms with Gasteiger partial charge in [0.2, 0.25) is 0 Å². The Bertz CT molecular complexity index is 536. The van der Waals surface area contributed by atoms with Crippen molar-refractivity contribution >= 4 is 27.5 Å². The van der Waals surface area contributed by atoms with Gasteiger partial charge in [-0.25, -0.2) is 0 Å². The topological polar surface area (TPSA) is 75.5 Å². The van der Waals surface area contributed by atoms with Crippen LogP contribution in [0.3, 0.4) is 0 Å². The summed E-state index contributed by atoms with van der Waals surface area (Å²) in [6, 6.07) is 4.78. The van der Waals surface area contributed by atoms with Gasteiger partial charge in [0, 0.05) is 29.7 Å². The molecule has 1 amide bonds. The van der Waals surface area contributed by atoms with Gasteiger partial charge in [-0.05, 0) is 32.0 Å². The minimum atomic E-state index is -0.516. The number of nitrogens with one attached hydrogen (secondary N) is 1. The first-order chi connectivity index (χ1) is 9.52. The third-order valence-corrected chi connectivity index (χ3v) is 4.00. The number of carbonyl (C=O) groups excluding carboxylic acids is 1. The van der Waals surface area contributed by atoms with E-state index >= 15 is 0 Å². The molecule has 0 bridgehead atoms. The Morgan fingerprint density at radius 3 is 2.95 bits per heavy atom. The standard InChI is InChI=1S/C13H16BrN3O3/c1-15-10-3-2-6-16(8-10)13(18)11-5-4-9(14)7-12(11)17(19)20/h4-5,7,10,15H,2-3,6,8H2,1H3. The van der Waals surface area contributed by atoms with Gasteiger partial charge in [-0.3, -0.25) is 14.9 Å². The molecule has 6 nitrogen and oxygen atoms in total. The third-order valence-electron chi connectivity index (χ3n) is 3.50. The molecule has 1 aliphatic heterocycles. The Labute approximate surface area is 125 Å². The zero-order valence-electron chi connectivity index (χ0n) is 11.1. The minimum absolute atomic E-state index is 0.148. The average Bonchev–Trinajstić information content (AvgIpc) is 2.46. The first-order valence-corrected chi connectivity index (χ1v) is 7.22. The maximum Gasteiger partial charge on any atom is 0.283 e. The largest absolute Gasteiger partial charge is 0.337 e. The number of likely N-dealkylation sites (N-methyl/N-ethyl adjacent to an activating group) is 1. The fourth-order valence-corrected chi connectivity index (χ4v) is 2.75. The van der Waals surface area contributed by atoms with Crippen molar-refractivity contribution in [1.82, 2.24) is 10.2 Å². The van der Waals surface area contributed by atoms with E-state index in [1.54, 1.807) is 11.0 Å². The van der Waals surface area contributed by atoms with Crippen LogP contribution in [0.2, 0.25) is 0 Å². The van der Waals surface area contributed by atoms with Crippen LogP contribution in [0.5, 0.6) is 0 Å².